The van der Waals surface area contributed by atoms with E-state index in [0.717, 1.165) is 12.5 Å². The van der Waals surface area contributed by atoms with E-state index in [-0.39, 0.29) is 29.7 Å². The third-order valence-electron chi connectivity index (χ3n) is 2.52. The SMILES string of the molecule is CCNC(=NCc1ccc(C)s1)NCCCS(C)(=O)=O.I. The Hall–Kier alpha value is -0.350. The smallest absolute Gasteiger partial charge is 0.191 e. The minimum absolute atomic E-state index is 0. The predicted octanol–water partition coefficient (Wildman–Crippen LogP) is 2.16. The number of thiophene rings is 1. The molecule has 1 heterocycles. The molecule has 0 saturated heterocycles. The molecule has 21 heavy (non-hydrogen) atoms. The molecule has 0 aromatic carbocycles. The van der Waals surface area contributed by atoms with Gasteiger partial charge in [0.1, 0.15) is 9.84 Å². The number of nitrogens with zero attached hydrogens (tertiary/aromatic N) is 1. The second-order valence-corrected chi connectivity index (χ2v) is 8.25. The molecule has 0 fully saturated rings. The van der Waals surface area contributed by atoms with E-state index in [0.29, 0.717) is 19.5 Å². The minimum Gasteiger partial charge on any atom is -0.357 e. The van der Waals surface area contributed by atoms with Crippen LogP contribution in [0.25, 0.3) is 0 Å². The number of rotatable bonds is 7. The van der Waals surface area contributed by atoms with E-state index in [4.69, 9.17) is 0 Å². The van der Waals surface area contributed by atoms with Crippen molar-refractivity contribution in [3.8, 4) is 0 Å². The van der Waals surface area contributed by atoms with Gasteiger partial charge in [-0.25, -0.2) is 13.4 Å². The number of nitrogens with one attached hydrogen (secondary N) is 2. The zero-order chi connectivity index (χ0) is 15.0. The maximum atomic E-state index is 11.0. The van der Waals surface area contributed by atoms with Crippen LogP contribution in [-0.4, -0.2) is 39.5 Å². The van der Waals surface area contributed by atoms with Crippen molar-refractivity contribution in [1.82, 2.24) is 10.6 Å². The van der Waals surface area contributed by atoms with Gasteiger partial charge in [-0.2, -0.15) is 0 Å². The van der Waals surface area contributed by atoms with Crippen LogP contribution in [0.1, 0.15) is 23.1 Å². The van der Waals surface area contributed by atoms with E-state index in [1.54, 1.807) is 11.3 Å². The predicted molar refractivity (Wildman–Crippen MR) is 102 cm³/mol. The molecule has 122 valence electrons. The average Bonchev–Trinajstić information content (AvgIpc) is 2.76. The molecule has 0 unspecified atom stereocenters. The molecule has 0 bridgehead atoms. The lowest BCUT2D eigenvalue weighted by atomic mass is 10.4. The van der Waals surface area contributed by atoms with Crippen LogP contribution in [0.3, 0.4) is 0 Å². The summed E-state index contributed by atoms with van der Waals surface area (Å²) in [6.45, 7) is 6.10. The Morgan fingerprint density at radius 2 is 2.05 bits per heavy atom. The van der Waals surface area contributed by atoms with Crippen molar-refractivity contribution < 1.29 is 8.42 Å². The van der Waals surface area contributed by atoms with Crippen molar-refractivity contribution in [2.75, 3.05) is 25.1 Å². The van der Waals surface area contributed by atoms with Gasteiger partial charge < -0.3 is 10.6 Å². The molecule has 8 heteroatoms. The zero-order valence-electron chi connectivity index (χ0n) is 12.7. The lowest BCUT2D eigenvalue weighted by Gasteiger charge is -2.10. The van der Waals surface area contributed by atoms with Crippen molar-refractivity contribution in [3.63, 3.8) is 0 Å². The highest BCUT2D eigenvalue weighted by molar-refractivity contribution is 14.0. The maximum absolute atomic E-state index is 11.0. The number of hydrogen-bond donors (Lipinski definition) is 2. The molecule has 0 amide bonds. The van der Waals surface area contributed by atoms with Gasteiger partial charge in [0, 0.05) is 29.1 Å². The second kappa shape index (κ2) is 10.4. The molecule has 0 spiro atoms. The van der Waals surface area contributed by atoms with Gasteiger partial charge in [0.05, 0.1) is 12.3 Å². The molecule has 5 nitrogen and oxygen atoms in total. The summed E-state index contributed by atoms with van der Waals surface area (Å²) < 4.78 is 22.1. The first-order chi connectivity index (χ1) is 9.40. The molecule has 1 aromatic rings. The highest BCUT2D eigenvalue weighted by atomic mass is 127. The van der Waals surface area contributed by atoms with Crippen LogP contribution in [-0.2, 0) is 16.4 Å². The lowest BCUT2D eigenvalue weighted by molar-refractivity contribution is 0.598. The Labute approximate surface area is 148 Å². The van der Waals surface area contributed by atoms with Gasteiger partial charge in [0.15, 0.2) is 5.96 Å². The quantitative estimate of drug-likeness (QED) is 0.292. The molecule has 0 saturated carbocycles. The minimum atomic E-state index is -2.89. The van der Waals surface area contributed by atoms with Crippen molar-refractivity contribution in [3.05, 3.63) is 21.9 Å². The van der Waals surface area contributed by atoms with E-state index in [9.17, 15) is 8.42 Å². The highest BCUT2D eigenvalue weighted by Gasteiger charge is 2.03. The highest BCUT2D eigenvalue weighted by Crippen LogP contribution is 2.15. The van der Waals surface area contributed by atoms with Crippen LogP contribution in [0.4, 0.5) is 0 Å². The van der Waals surface area contributed by atoms with Crippen LogP contribution in [0.5, 0.6) is 0 Å². The topological polar surface area (TPSA) is 70.6 Å². The monoisotopic (exact) mass is 445 g/mol. The molecule has 0 atom stereocenters. The van der Waals surface area contributed by atoms with E-state index in [1.807, 2.05) is 6.92 Å². The molecule has 1 rings (SSSR count). The second-order valence-electron chi connectivity index (χ2n) is 4.62. The summed E-state index contributed by atoms with van der Waals surface area (Å²) in [7, 11) is -2.89. The zero-order valence-corrected chi connectivity index (χ0v) is 16.6. The standard InChI is InChI=1S/C13H23N3O2S2.HI/c1-4-14-13(15-8-5-9-20(3,17)18)16-10-12-7-6-11(2)19-12;/h6-7H,4-5,8-10H2,1-3H3,(H2,14,15,16);1H. The van der Waals surface area contributed by atoms with Gasteiger partial charge in [-0.1, -0.05) is 0 Å². The van der Waals surface area contributed by atoms with Gasteiger partial charge in [-0.15, -0.1) is 35.3 Å². The van der Waals surface area contributed by atoms with E-state index in [1.165, 1.54) is 16.0 Å². The summed E-state index contributed by atoms with van der Waals surface area (Å²) in [5.74, 6) is 0.927. The largest absolute Gasteiger partial charge is 0.357 e. The molecule has 0 radical (unpaired) electrons. The van der Waals surface area contributed by atoms with Crippen LogP contribution < -0.4 is 10.6 Å². The van der Waals surface area contributed by atoms with E-state index in [2.05, 4.69) is 34.7 Å². The van der Waals surface area contributed by atoms with Crippen LogP contribution in [0.2, 0.25) is 0 Å². The molecule has 2 N–H and O–H groups in total. The summed E-state index contributed by atoms with van der Waals surface area (Å²) >= 11 is 1.74. The number of hydrogen-bond acceptors (Lipinski definition) is 4. The molecule has 0 aliphatic rings. The summed E-state index contributed by atoms with van der Waals surface area (Å²) in [6, 6.07) is 4.17. The van der Waals surface area contributed by atoms with Gasteiger partial charge in [0.2, 0.25) is 0 Å². The number of guanidine groups is 1. The van der Waals surface area contributed by atoms with Gasteiger partial charge in [-0.05, 0) is 32.4 Å². The van der Waals surface area contributed by atoms with E-state index < -0.39 is 9.84 Å². The fraction of sp³-hybridized carbons (Fsp3) is 0.615. The lowest BCUT2D eigenvalue weighted by Crippen LogP contribution is -2.38. The Kier molecular flexibility index (Phi) is 10.2. The van der Waals surface area contributed by atoms with Crippen molar-refractivity contribution >= 4 is 51.1 Å². The molecule has 0 aliphatic heterocycles. The summed E-state index contributed by atoms with van der Waals surface area (Å²) in [4.78, 5) is 6.98. The van der Waals surface area contributed by atoms with Gasteiger partial charge in [0.25, 0.3) is 0 Å². The average molecular weight is 445 g/mol. The Bertz CT molecular complexity index is 541. The number of aliphatic imine (C=N–C) groups is 1. The molecular formula is C13H24IN3O2S2. The number of sulfone groups is 1. The van der Waals surface area contributed by atoms with E-state index >= 15 is 0 Å². The number of aryl methyl sites for hydroxylation is 1. The third-order valence-corrected chi connectivity index (χ3v) is 4.53. The fourth-order valence-corrected chi connectivity index (χ4v) is 3.09. The first-order valence-electron chi connectivity index (χ1n) is 6.66. The summed E-state index contributed by atoms with van der Waals surface area (Å²) in [6.07, 6.45) is 1.84. The van der Waals surface area contributed by atoms with Gasteiger partial charge >= 0.3 is 0 Å². The third kappa shape index (κ3) is 10.1. The van der Waals surface area contributed by atoms with Crippen molar-refractivity contribution in [1.29, 1.82) is 0 Å². The summed E-state index contributed by atoms with van der Waals surface area (Å²) in [5, 5.41) is 6.30. The normalized spacial score (nSPS) is 11.9. The fourth-order valence-electron chi connectivity index (χ4n) is 1.61. The van der Waals surface area contributed by atoms with Gasteiger partial charge in [-0.3, -0.25) is 0 Å². The maximum Gasteiger partial charge on any atom is 0.191 e. The summed E-state index contributed by atoms with van der Waals surface area (Å²) in [5.41, 5.74) is 0. The molecule has 1 aromatic heterocycles. The van der Waals surface area contributed by atoms with Crippen LogP contribution >= 0.6 is 35.3 Å². The van der Waals surface area contributed by atoms with Crippen LogP contribution in [0.15, 0.2) is 17.1 Å². The van der Waals surface area contributed by atoms with Crippen LogP contribution in [0, 0.1) is 6.92 Å². The number of halogens is 1. The first kappa shape index (κ1) is 20.6. The van der Waals surface area contributed by atoms with Crippen molar-refractivity contribution in [2.45, 2.75) is 26.8 Å². The molecule has 0 aliphatic carbocycles. The molecular weight excluding hydrogens is 421 g/mol. The Balaban J connectivity index is 0.00000400. The first-order valence-corrected chi connectivity index (χ1v) is 9.53. The Morgan fingerprint density at radius 3 is 2.57 bits per heavy atom. The van der Waals surface area contributed by atoms with Crippen molar-refractivity contribution in [2.24, 2.45) is 4.99 Å². The Morgan fingerprint density at radius 1 is 1.33 bits per heavy atom.